The quantitative estimate of drug-likeness (QED) is 0.666. The van der Waals surface area contributed by atoms with Gasteiger partial charge in [-0.05, 0) is 12.1 Å². The molecule has 1 heterocycles. The van der Waals surface area contributed by atoms with E-state index in [-0.39, 0.29) is 6.10 Å². The van der Waals surface area contributed by atoms with Crippen molar-refractivity contribution in [2.75, 3.05) is 18.9 Å². The van der Waals surface area contributed by atoms with Crippen LogP contribution in [0.4, 0.5) is 5.69 Å². The van der Waals surface area contributed by atoms with Crippen LogP contribution in [0.3, 0.4) is 0 Å². The van der Waals surface area contributed by atoms with Crippen LogP contribution in [-0.2, 0) is 4.74 Å². The fourth-order valence-corrected chi connectivity index (χ4v) is 1.06. The van der Waals surface area contributed by atoms with Crippen LogP contribution in [0.5, 0.6) is 5.75 Å². The number of nitrogen functional groups attached to an aromatic ring is 1. The first-order valence-electron chi connectivity index (χ1n) is 3.94. The maximum Gasteiger partial charge on any atom is 0.145 e. The van der Waals surface area contributed by atoms with E-state index >= 15 is 0 Å². The second-order valence-corrected chi connectivity index (χ2v) is 2.85. The van der Waals surface area contributed by atoms with E-state index < -0.39 is 0 Å². The Hall–Kier alpha value is -1.22. The maximum atomic E-state index is 5.58. The molecule has 12 heavy (non-hydrogen) atoms. The summed E-state index contributed by atoms with van der Waals surface area (Å²) in [5.74, 6) is 0.823. The van der Waals surface area contributed by atoms with Crippen LogP contribution in [0.25, 0.3) is 0 Å². The summed E-state index contributed by atoms with van der Waals surface area (Å²) in [5, 5.41) is 0. The molecular formula is C9H11NO2. The Labute approximate surface area is 71.1 Å². The zero-order chi connectivity index (χ0) is 8.39. The molecule has 2 N–H and O–H groups in total. The molecule has 0 radical (unpaired) electrons. The molecule has 0 saturated carbocycles. The number of rotatable bonds is 2. The van der Waals surface area contributed by atoms with Crippen LogP contribution in [0, 0.1) is 0 Å². The molecule has 64 valence electrons. The predicted molar refractivity (Wildman–Crippen MR) is 46.1 cm³/mol. The van der Waals surface area contributed by atoms with Gasteiger partial charge in [-0.15, -0.1) is 0 Å². The van der Waals surface area contributed by atoms with E-state index in [2.05, 4.69) is 0 Å². The van der Waals surface area contributed by atoms with Gasteiger partial charge in [-0.25, -0.2) is 0 Å². The first kappa shape index (κ1) is 7.43. The van der Waals surface area contributed by atoms with Crippen molar-refractivity contribution in [1.82, 2.24) is 0 Å². The van der Waals surface area contributed by atoms with Gasteiger partial charge in [-0.3, -0.25) is 0 Å². The van der Waals surface area contributed by atoms with E-state index in [1.54, 1.807) is 0 Å². The molecule has 0 unspecified atom stereocenters. The van der Waals surface area contributed by atoms with Gasteiger partial charge >= 0.3 is 0 Å². The molecule has 3 heteroatoms. The Kier molecular flexibility index (Phi) is 1.87. The van der Waals surface area contributed by atoms with E-state index in [4.69, 9.17) is 15.2 Å². The number of hydrogen-bond donors (Lipinski definition) is 1. The number of nitrogens with two attached hydrogens (primary N) is 1. The lowest BCUT2D eigenvalue weighted by atomic mass is 10.3. The zero-order valence-electron chi connectivity index (χ0n) is 6.69. The molecule has 2 rings (SSSR count). The van der Waals surface area contributed by atoms with E-state index in [0.29, 0.717) is 13.2 Å². The van der Waals surface area contributed by atoms with Crippen LogP contribution in [0.1, 0.15) is 0 Å². The minimum atomic E-state index is 0.215. The molecule has 1 fully saturated rings. The molecule has 3 nitrogen and oxygen atoms in total. The molecular weight excluding hydrogens is 154 g/mol. The normalized spacial score (nSPS) is 17.0. The van der Waals surface area contributed by atoms with E-state index in [1.807, 2.05) is 24.3 Å². The second kappa shape index (κ2) is 3.03. The molecule has 1 saturated heterocycles. The molecule has 1 aromatic rings. The van der Waals surface area contributed by atoms with Gasteiger partial charge < -0.3 is 15.2 Å². The SMILES string of the molecule is Nc1cccc(OC2COC2)c1. The number of hydrogen-bond acceptors (Lipinski definition) is 3. The highest BCUT2D eigenvalue weighted by atomic mass is 16.6. The minimum Gasteiger partial charge on any atom is -0.486 e. The van der Waals surface area contributed by atoms with Crippen molar-refractivity contribution in [2.24, 2.45) is 0 Å². The topological polar surface area (TPSA) is 44.5 Å². The van der Waals surface area contributed by atoms with Gasteiger partial charge in [-0.1, -0.05) is 6.07 Å². The van der Waals surface area contributed by atoms with E-state index in [1.165, 1.54) is 0 Å². The molecule has 0 bridgehead atoms. The molecule has 0 aliphatic carbocycles. The maximum absolute atomic E-state index is 5.58. The average Bonchev–Trinajstić information content (AvgIpc) is 1.97. The van der Waals surface area contributed by atoms with Crippen molar-refractivity contribution >= 4 is 5.69 Å². The summed E-state index contributed by atoms with van der Waals surface area (Å²) in [6.07, 6.45) is 0.215. The van der Waals surface area contributed by atoms with Gasteiger partial charge in [0, 0.05) is 11.8 Å². The summed E-state index contributed by atoms with van der Waals surface area (Å²) in [6.45, 7) is 1.38. The van der Waals surface area contributed by atoms with Crippen LogP contribution in [0.15, 0.2) is 24.3 Å². The standard InChI is InChI=1S/C9H11NO2/c10-7-2-1-3-8(4-7)12-9-5-11-6-9/h1-4,9H,5-6,10H2. The average molecular weight is 165 g/mol. The third kappa shape index (κ3) is 1.51. The number of benzene rings is 1. The third-order valence-electron chi connectivity index (χ3n) is 1.77. The smallest absolute Gasteiger partial charge is 0.145 e. The molecule has 0 amide bonds. The Morgan fingerprint density at radius 3 is 2.83 bits per heavy atom. The molecule has 1 aromatic carbocycles. The summed E-state index contributed by atoms with van der Waals surface area (Å²) in [4.78, 5) is 0. The number of anilines is 1. The Balaban J connectivity index is 2.02. The van der Waals surface area contributed by atoms with Crippen molar-refractivity contribution in [3.8, 4) is 5.75 Å². The molecule has 1 aliphatic rings. The van der Waals surface area contributed by atoms with E-state index in [0.717, 1.165) is 11.4 Å². The van der Waals surface area contributed by atoms with Crippen molar-refractivity contribution in [2.45, 2.75) is 6.10 Å². The fourth-order valence-electron chi connectivity index (χ4n) is 1.06. The zero-order valence-corrected chi connectivity index (χ0v) is 6.69. The highest BCUT2D eigenvalue weighted by molar-refractivity contribution is 5.43. The summed E-state index contributed by atoms with van der Waals surface area (Å²) >= 11 is 0. The largest absolute Gasteiger partial charge is 0.486 e. The molecule has 0 aromatic heterocycles. The van der Waals surface area contributed by atoms with Crippen LogP contribution in [0.2, 0.25) is 0 Å². The Morgan fingerprint density at radius 1 is 1.42 bits per heavy atom. The van der Waals surface area contributed by atoms with Crippen LogP contribution >= 0.6 is 0 Å². The van der Waals surface area contributed by atoms with E-state index in [9.17, 15) is 0 Å². The first-order valence-corrected chi connectivity index (χ1v) is 3.94. The van der Waals surface area contributed by atoms with Crippen molar-refractivity contribution in [3.05, 3.63) is 24.3 Å². The lowest BCUT2D eigenvalue weighted by Gasteiger charge is -2.26. The van der Waals surface area contributed by atoms with Crippen LogP contribution in [-0.4, -0.2) is 19.3 Å². The monoisotopic (exact) mass is 165 g/mol. The van der Waals surface area contributed by atoms with Crippen LogP contribution < -0.4 is 10.5 Å². The lowest BCUT2D eigenvalue weighted by molar-refractivity contribution is -0.0796. The van der Waals surface area contributed by atoms with Crippen molar-refractivity contribution < 1.29 is 9.47 Å². The summed E-state index contributed by atoms with van der Waals surface area (Å²) in [7, 11) is 0. The minimum absolute atomic E-state index is 0.215. The summed E-state index contributed by atoms with van der Waals surface area (Å²) in [5.41, 5.74) is 6.31. The predicted octanol–water partition coefficient (Wildman–Crippen LogP) is 1.05. The molecule has 0 spiro atoms. The third-order valence-corrected chi connectivity index (χ3v) is 1.77. The number of ether oxygens (including phenoxy) is 2. The molecule has 0 atom stereocenters. The summed E-state index contributed by atoms with van der Waals surface area (Å²) < 4.78 is 10.5. The van der Waals surface area contributed by atoms with Crippen molar-refractivity contribution in [3.63, 3.8) is 0 Å². The highest BCUT2D eigenvalue weighted by Crippen LogP contribution is 2.18. The first-order chi connectivity index (χ1) is 5.84. The van der Waals surface area contributed by atoms with Gasteiger partial charge in [-0.2, -0.15) is 0 Å². The second-order valence-electron chi connectivity index (χ2n) is 2.85. The molecule has 1 aliphatic heterocycles. The fraction of sp³-hybridized carbons (Fsp3) is 0.333. The van der Waals surface area contributed by atoms with Gasteiger partial charge in [0.05, 0.1) is 13.2 Å². The Morgan fingerprint density at radius 2 is 2.25 bits per heavy atom. The Bertz CT molecular complexity index is 271. The van der Waals surface area contributed by atoms with Gasteiger partial charge in [0.1, 0.15) is 11.9 Å². The van der Waals surface area contributed by atoms with Gasteiger partial charge in [0.2, 0.25) is 0 Å². The van der Waals surface area contributed by atoms with Gasteiger partial charge in [0.15, 0.2) is 0 Å². The van der Waals surface area contributed by atoms with Gasteiger partial charge in [0.25, 0.3) is 0 Å². The van der Waals surface area contributed by atoms with Crippen molar-refractivity contribution in [1.29, 1.82) is 0 Å². The lowest BCUT2D eigenvalue weighted by Crippen LogP contribution is -2.38. The highest BCUT2D eigenvalue weighted by Gasteiger charge is 2.19. The summed E-state index contributed by atoms with van der Waals surface area (Å²) in [6, 6.07) is 7.43.